The Morgan fingerprint density at radius 3 is 2.26 bits per heavy atom. The third-order valence-corrected chi connectivity index (χ3v) is 3.54. The topological polar surface area (TPSA) is 105 Å². The molecule has 1 aromatic rings. The fourth-order valence-electron chi connectivity index (χ4n) is 2.30. The van der Waals surface area contributed by atoms with Crippen LogP contribution in [0.1, 0.15) is 52.5 Å². The molecule has 0 saturated carbocycles. The van der Waals surface area contributed by atoms with E-state index in [-0.39, 0.29) is 36.2 Å². The number of nitrogens with two attached hydrogens (primary N) is 1. The Balaban J connectivity index is 3.06. The lowest BCUT2D eigenvalue weighted by Gasteiger charge is -2.18. The van der Waals surface area contributed by atoms with Gasteiger partial charge in [-0.05, 0) is 36.0 Å². The molecule has 0 aromatic heterocycles. The Hall–Kier alpha value is -2.41. The summed E-state index contributed by atoms with van der Waals surface area (Å²) >= 11 is 0. The van der Waals surface area contributed by atoms with Crippen molar-refractivity contribution in [2.24, 2.45) is 11.1 Å². The highest BCUT2D eigenvalue weighted by Gasteiger charge is 2.21. The lowest BCUT2D eigenvalue weighted by Crippen LogP contribution is -2.33. The first kappa shape index (κ1) is 22.6. The van der Waals surface area contributed by atoms with Crippen LogP contribution in [0.5, 0.6) is 11.5 Å². The number of ether oxygens (including phenoxy) is 3. The van der Waals surface area contributed by atoms with E-state index in [1.54, 1.807) is 12.1 Å². The summed E-state index contributed by atoms with van der Waals surface area (Å²) in [5.74, 6) is -1.11. The summed E-state index contributed by atoms with van der Waals surface area (Å²) in [6.45, 7) is 7.62. The van der Waals surface area contributed by atoms with E-state index in [9.17, 15) is 14.4 Å². The molecule has 0 radical (unpaired) electrons. The predicted molar refractivity (Wildman–Crippen MR) is 100 cm³/mol. The first-order valence-electron chi connectivity index (χ1n) is 8.93. The zero-order valence-corrected chi connectivity index (χ0v) is 16.7. The van der Waals surface area contributed by atoms with Gasteiger partial charge < -0.3 is 19.9 Å². The van der Waals surface area contributed by atoms with Crippen LogP contribution >= 0.6 is 0 Å². The van der Waals surface area contributed by atoms with E-state index >= 15 is 0 Å². The highest BCUT2D eigenvalue weighted by molar-refractivity contribution is 5.77. The second-order valence-electron chi connectivity index (χ2n) is 7.55. The zero-order chi connectivity index (χ0) is 20.6. The smallest absolute Gasteiger partial charge is 0.322 e. The first-order chi connectivity index (χ1) is 12.6. The summed E-state index contributed by atoms with van der Waals surface area (Å²) in [7, 11) is 1.26. The summed E-state index contributed by atoms with van der Waals surface area (Å²) in [6.07, 6.45) is 1.29. The summed E-state index contributed by atoms with van der Waals surface area (Å²) in [5, 5.41) is 0. The van der Waals surface area contributed by atoms with Crippen molar-refractivity contribution < 1.29 is 28.6 Å². The number of carbonyl (C=O) groups excluding carboxylic acids is 3. The Labute approximate surface area is 160 Å². The average Bonchev–Trinajstić information content (AvgIpc) is 2.54. The number of benzene rings is 1. The van der Waals surface area contributed by atoms with Crippen LogP contribution in [-0.4, -0.2) is 31.1 Å². The van der Waals surface area contributed by atoms with Crippen molar-refractivity contribution in [3.8, 4) is 11.5 Å². The van der Waals surface area contributed by atoms with Crippen molar-refractivity contribution in [1.29, 1.82) is 0 Å². The summed E-state index contributed by atoms with van der Waals surface area (Å²) in [6, 6.07) is 3.91. The van der Waals surface area contributed by atoms with E-state index in [1.807, 2.05) is 27.7 Å². The van der Waals surface area contributed by atoms with Crippen LogP contribution in [0.25, 0.3) is 0 Å². The van der Waals surface area contributed by atoms with Crippen molar-refractivity contribution >= 4 is 17.9 Å². The van der Waals surface area contributed by atoms with Gasteiger partial charge in [0.1, 0.15) is 6.04 Å². The molecule has 0 fully saturated rings. The van der Waals surface area contributed by atoms with Gasteiger partial charge in [-0.15, -0.1) is 0 Å². The molecule has 0 aliphatic rings. The minimum absolute atomic E-state index is 0.128. The maximum Gasteiger partial charge on any atom is 0.322 e. The molecule has 1 rings (SSSR count). The molecule has 1 atom stereocenters. The molecule has 0 amide bonds. The largest absolute Gasteiger partial charge is 0.468 e. The van der Waals surface area contributed by atoms with Crippen molar-refractivity contribution in [2.45, 2.75) is 59.4 Å². The van der Waals surface area contributed by atoms with Gasteiger partial charge in [0.25, 0.3) is 0 Å². The average molecular weight is 379 g/mol. The van der Waals surface area contributed by atoms with Crippen LogP contribution in [0.15, 0.2) is 18.2 Å². The van der Waals surface area contributed by atoms with E-state index < -0.39 is 23.9 Å². The summed E-state index contributed by atoms with van der Waals surface area (Å²) in [4.78, 5) is 35.6. The highest BCUT2D eigenvalue weighted by atomic mass is 16.6. The van der Waals surface area contributed by atoms with Gasteiger partial charge in [0, 0.05) is 6.42 Å². The van der Waals surface area contributed by atoms with Crippen LogP contribution in [0.3, 0.4) is 0 Å². The third-order valence-electron chi connectivity index (χ3n) is 3.54. The van der Waals surface area contributed by atoms with Gasteiger partial charge in [0.15, 0.2) is 11.5 Å². The van der Waals surface area contributed by atoms with Crippen LogP contribution in [0.2, 0.25) is 0 Å². The van der Waals surface area contributed by atoms with Crippen LogP contribution in [0, 0.1) is 5.41 Å². The minimum atomic E-state index is -0.846. The van der Waals surface area contributed by atoms with Gasteiger partial charge in [0.2, 0.25) is 0 Å². The molecule has 27 heavy (non-hydrogen) atoms. The number of methoxy groups -OCH3 is 1. The molecule has 0 aliphatic carbocycles. The van der Waals surface area contributed by atoms with Gasteiger partial charge in [-0.2, -0.15) is 0 Å². The number of carbonyl (C=O) groups is 3. The highest BCUT2D eigenvalue weighted by Crippen LogP contribution is 2.31. The minimum Gasteiger partial charge on any atom is -0.468 e. The predicted octanol–water partition coefficient (Wildman–Crippen LogP) is 2.78. The molecule has 7 nitrogen and oxygen atoms in total. The monoisotopic (exact) mass is 379 g/mol. The van der Waals surface area contributed by atoms with Gasteiger partial charge in [-0.25, -0.2) is 0 Å². The third kappa shape index (κ3) is 8.21. The SMILES string of the molecule is CCCC(=O)Oc1ccc(C[C@H](N)C(=O)OC)cc1OC(=O)CC(C)(C)C. The number of hydrogen-bond donors (Lipinski definition) is 1. The fraction of sp³-hybridized carbons (Fsp3) is 0.550. The molecule has 0 heterocycles. The molecule has 0 unspecified atom stereocenters. The van der Waals surface area contributed by atoms with Crippen LogP contribution < -0.4 is 15.2 Å². The van der Waals surface area contributed by atoms with Crippen molar-refractivity contribution in [3.05, 3.63) is 23.8 Å². The van der Waals surface area contributed by atoms with E-state index in [2.05, 4.69) is 4.74 Å². The quantitative estimate of drug-likeness (QED) is 0.547. The van der Waals surface area contributed by atoms with Gasteiger partial charge in [-0.3, -0.25) is 14.4 Å². The molecule has 0 bridgehead atoms. The molecule has 1 aromatic carbocycles. The molecule has 2 N–H and O–H groups in total. The Bertz CT molecular complexity index is 678. The summed E-state index contributed by atoms with van der Waals surface area (Å²) in [5.41, 5.74) is 6.19. The number of esters is 3. The number of hydrogen-bond acceptors (Lipinski definition) is 7. The molecule has 0 saturated heterocycles. The van der Waals surface area contributed by atoms with Gasteiger partial charge in [0.05, 0.1) is 13.5 Å². The second-order valence-corrected chi connectivity index (χ2v) is 7.55. The molecule has 7 heteroatoms. The van der Waals surface area contributed by atoms with Crippen LogP contribution in [0.4, 0.5) is 0 Å². The van der Waals surface area contributed by atoms with Crippen molar-refractivity contribution in [3.63, 3.8) is 0 Å². The normalized spacial score (nSPS) is 12.2. The van der Waals surface area contributed by atoms with Crippen molar-refractivity contribution in [1.82, 2.24) is 0 Å². The lowest BCUT2D eigenvalue weighted by atomic mass is 9.92. The van der Waals surface area contributed by atoms with E-state index in [1.165, 1.54) is 13.2 Å². The Morgan fingerprint density at radius 2 is 1.70 bits per heavy atom. The molecular formula is C20H29NO6. The van der Waals surface area contributed by atoms with E-state index in [4.69, 9.17) is 15.2 Å². The fourth-order valence-corrected chi connectivity index (χ4v) is 2.30. The Morgan fingerprint density at radius 1 is 1.07 bits per heavy atom. The van der Waals surface area contributed by atoms with E-state index in [0.29, 0.717) is 12.0 Å². The number of rotatable bonds is 8. The standard InChI is InChI=1S/C20H29NO6/c1-6-7-17(22)26-15-9-8-13(10-14(21)19(24)25-5)11-16(15)27-18(23)12-20(2,3)4/h8-9,11,14H,6-7,10,12,21H2,1-5H3/t14-/m0/s1. The lowest BCUT2D eigenvalue weighted by molar-refractivity contribution is -0.142. The Kier molecular flexibility index (Phi) is 8.43. The molecule has 150 valence electrons. The summed E-state index contributed by atoms with van der Waals surface area (Å²) < 4.78 is 15.4. The molecule has 0 aliphatic heterocycles. The van der Waals surface area contributed by atoms with Crippen LogP contribution in [-0.2, 0) is 25.5 Å². The van der Waals surface area contributed by atoms with Gasteiger partial charge >= 0.3 is 17.9 Å². The second kappa shape index (κ2) is 10.1. The maximum absolute atomic E-state index is 12.2. The van der Waals surface area contributed by atoms with Gasteiger partial charge in [-0.1, -0.05) is 33.8 Å². The van der Waals surface area contributed by atoms with Crippen molar-refractivity contribution in [2.75, 3.05) is 7.11 Å². The first-order valence-corrected chi connectivity index (χ1v) is 8.93. The molecule has 0 spiro atoms. The van der Waals surface area contributed by atoms with E-state index in [0.717, 1.165) is 0 Å². The maximum atomic E-state index is 12.2. The zero-order valence-electron chi connectivity index (χ0n) is 16.7. The molecular weight excluding hydrogens is 350 g/mol.